The van der Waals surface area contributed by atoms with Crippen molar-refractivity contribution in [3.8, 4) is 23.0 Å². The number of carbonyl (C=O) groups excluding carboxylic acids is 2. The third-order valence-corrected chi connectivity index (χ3v) is 5.18. The van der Waals surface area contributed by atoms with E-state index in [-0.39, 0.29) is 28.1 Å². The van der Waals surface area contributed by atoms with Crippen LogP contribution in [0, 0.1) is 0 Å². The van der Waals surface area contributed by atoms with Gasteiger partial charge in [0, 0.05) is 5.46 Å². The van der Waals surface area contributed by atoms with Crippen LogP contribution in [0.5, 0.6) is 23.0 Å². The summed E-state index contributed by atoms with van der Waals surface area (Å²) in [5.41, 5.74) is -0.898. The van der Waals surface area contributed by atoms with Gasteiger partial charge in [0.2, 0.25) is 0 Å². The van der Waals surface area contributed by atoms with Gasteiger partial charge in [0.25, 0.3) is 0 Å². The molecule has 0 saturated heterocycles. The van der Waals surface area contributed by atoms with E-state index in [0.717, 1.165) is 0 Å². The molecule has 0 aliphatic heterocycles. The number of rotatable bonds is 7. The molecule has 0 bridgehead atoms. The highest BCUT2D eigenvalue weighted by atomic mass is 79.9. The van der Waals surface area contributed by atoms with Crippen molar-refractivity contribution in [3.05, 3.63) is 39.9 Å². The van der Waals surface area contributed by atoms with E-state index in [0.29, 0.717) is 16.0 Å². The zero-order valence-corrected chi connectivity index (χ0v) is 25.0. The Morgan fingerprint density at radius 1 is 0.684 bits per heavy atom. The minimum Gasteiger partial charge on any atom is -0.496 e. The molecule has 10 nitrogen and oxygen atoms in total. The summed E-state index contributed by atoms with van der Waals surface area (Å²) in [6.07, 6.45) is 0. The molecule has 0 unspecified atom stereocenters. The van der Waals surface area contributed by atoms with E-state index in [1.54, 1.807) is 32.9 Å². The van der Waals surface area contributed by atoms with Crippen molar-refractivity contribution in [1.29, 1.82) is 0 Å². The average molecular weight is 599 g/mol. The van der Waals surface area contributed by atoms with E-state index in [1.165, 1.54) is 40.6 Å². The third-order valence-electron chi connectivity index (χ3n) is 4.55. The minimum absolute atomic E-state index is 0.0219. The van der Waals surface area contributed by atoms with E-state index in [1.807, 2.05) is 20.8 Å². The van der Waals surface area contributed by atoms with Crippen molar-refractivity contribution in [3.63, 3.8) is 0 Å². The first kappa shape index (κ1) is 33.1. The summed E-state index contributed by atoms with van der Waals surface area (Å²) in [7, 11) is 3.95. The second-order valence-corrected chi connectivity index (χ2v) is 10.7. The molecule has 2 rings (SSSR count). The summed E-state index contributed by atoms with van der Waals surface area (Å²) in [6.45, 7) is 10.6. The van der Waals surface area contributed by atoms with Crippen molar-refractivity contribution in [2.24, 2.45) is 0 Å². The number of hydrogen-bond acceptors (Lipinski definition) is 10. The molecule has 2 N–H and O–H groups in total. The quantitative estimate of drug-likeness (QED) is 0.359. The predicted octanol–water partition coefficient (Wildman–Crippen LogP) is 3.76. The summed E-state index contributed by atoms with van der Waals surface area (Å²) in [4.78, 5) is 24.4. The van der Waals surface area contributed by atoms with E-state index >= 15 is 0 Å². The molecule has 0 amide bonds. The Labute approximate surface area is 232 Å². The molecule has 0 atom stereocenters. The highest BCUT2D eigenvalue weighted by Crippen LogP contribution is 2.36. The van der Waals surface area contributed by atoms with Gasteiger partial charge in [-0.3, -0.25) is 0 Å². The number of carbonyl (C=O) groups is 2. The Hall–Kier alpha value is -2.96. The van der Waals surface area contributed by atoms with Crippen molar-refractivity contribution in [2.75, 3.05) is 28.4 Å². The van der Waals surface area contributed by atoms with Crippen LogP contribution in [0.15, 0.2) is 28.7 Å². The Kier molecular flexibility index (Phi) is 11.9. The van der Waals surface area contributed by atoms with Gasteiger partial charge < -0.3 is 38.5 Å². The van der Waals surface area contributed by atoms with Crippen LogP contribution in [0.4, 0.5) is 0 Å². The Morgan fingerprint density at radius 2 is 1.08 bits per heavy atom. The lowest BCUT2D eigenvalue weighted by Crippen LogP contribution is -2.33. The number of halogens is 1. The lowest BCUT2D eigenvalue weighted by molar-refractivity contribution is 0.00502. The second-order valence-electron chi connectivity index (χ2n) is 9.80. The highest BCUT2D eigenvalue weighted by molar-refractivity contribution is 9.10. The fraction of sp³-hybridized carbons (Fsp3) is 0.462. The first-order valence-electron chi connectivity index (χ1n) is 11.5. The first-order valence-corrected chi connectivity index (χ1v) is 12.3. The Bertz CT molecular complexity index is 1120. The van der Waals surface area contributed by atoms with Gasteiger partial charge in [-0.1, -0.05) is 6.07 Å². The van der Waals surface area contributed by atoms with Gasteiger partial charge in [0.1, 0.15) is 39.6 Å². The smallest absolute Gasteiger partial charge is 0.492 e. The Morgan fingerprint density at radius 3 is 1.42 bits per heavy atom. The van der Waals surface area contributed by atoms with E-state index in [2.05, 4.69) is 15.9 Å². The second kappa shape index (κ2) is 13.7. The third kappa shape index (κ3) is 9.11. The van der Waals surface area contributed by atoms with Gasteiger partial charge in [0.05, 0.1) is 32.9 Å². The molecule has 0 fully saturated rings. The van der Waals surface area contributed by atoms with Gasteiger partial charge in [-0.2, -0.15) is 0 Å². The molecule has 0 aliphatic carbocycles. The molecule has 38 heavy (non-hydrogen) atoms. The maximum Gasteiger partial charge on any atom is 0.492 e. The molecule has 0 aromatic heterocycles. The van der Waals surface area contributed by atoms with Gasteiger partial charge in [-0.15, -0.1) is 0 Å². The van der Waals surface area contributed by atoms with Crippen LogP contribution in [-0.2, 0) is 9.47 Å². The molecular weight excluding hydrogens is 563 g/mol. The van der Waals surface area contributed by atoms with Crippen LogP contribution >= 0.6 is 15.9 Å². The van der Waals surface area contributed by atoms with E-state index < -0.39 is 30.3 Å². The lowest BCUT2D eigenvalue weighted by Gasteiger charge is -2.22. The maximum atomic E-state index is 12.2. The van der Waals surface area contributed by atoms with Gasteiger partial charge in [0.15, 0.2) is 5.75 Å². The van der Waals surface area contributed by atoms with Crippen LogP contribution in [0.3, 0.4) is 0 Å². The Balaban J connectivity index is 0.000000382. The molecule has 0 aliphatic rings. The van der Waals surface area contributed by atoms with Crippen molar-refractivity contribution >= 4 is 40.4 Å². The topological polar surface area (TPSA) is 130 Å². The molecule has 0 heterocycles. The molecule has 2 aromatic carbocycles. The van der Waals surface area contributed by atoms with Crippen LogP contribution in [-0.4, -0.2) is 68.7 Å². The van der Waals surface area contributed by atoms with Gasteiger partial charge in [-0.05, 0) is 75.7 Å². The molecule has 12 heteroatoms. The van der Waals surface area contributed by atoms with Crippen LogP contribution in [0.25, 0.3) is 0 Å². The summed E-state index contributed by atoms with van der Waals surface area (Å²) in [5, 5.41) is 18.6. The standard InChI is InChI=1S/C13H19BO6.C13H17BrO4/c1-13(2,3)20-12(15)10-9(18-4)7-6-8(14(16)17)11(10)19-5;1-13(2,3)18-12(15)10-9(16-4)7-6-8(14)11(10)17-5/h6-7,16-17H,1-5H3;6-7H,1-5H3. The van der Waals surface area contributed by atoms with Gasteiger partial charge >= 0.3 is 19.1 Å². The van der Waals surface area contributed by atoms with Crippen LogP contribution in [0.1, 0.15) is 62.3 Å². The largest absolute Gasteiger partial charge is 0.496 e. The molecule has 0 saturated carbocycles. The van der Waals surface area contributed by atoms with Gasteiger partial charge in [-0.25, -0.2) is 9.59 Å². The summed E-state index contributed by atoms with van der Waals surface area (Å²) < 4.78 is 31.9. The van der Waals surface area contributed by atoms with E-state index in [4.69, 9.17) is 28.4 Å². The van der Waals surface area contributed by atoms with Crippen molar-refractivity contribution in [1.82, 2.24) is 0 Å². The summed E-state index contributed by atoms with van der Waals surface area (Å²) >= 11 is 3.33. The number of ether oxygens (including phenoxy) is 6. The minimum atomic E-state index is -1.77. The fourth-order valence-corrected chi connectivity index (χ4v) is 3.62. The molecule has 210 valence electrons. The normalized spacial score (nSPS) is 11.0. The zero-order valence-electron chi connectivity index (χ0n) is 23.4. The molecule has 0 spiro atoms. The van der Waals surface area contributed by atoms with E-state index in [9.17, 15) is 19.6 Å². The molecule has 2 aromatic rings. The lowest BCUT2D eigenvalue weighted by atomic mass is 9.78. The van der Waals surface area contributed by atoms with Crippen molar-refractivity contribution in [2.45, 2.75) is 52.7 Å². The predicted molar refractivity (Wildman–Crippen MR) is 147 cm³/mol. The summed E-state index contributed by atoms with van der Waals surface area (Å²) in [5.74, 6) is -0.0480. The zero-order chi connectivity index (χ0) is 29.4. The fourth-order valence-electron chi connectivity index (χ4n) is 3.13. The maximum absolute atomic E-state index is 12.2. The monoisotopic (exact) mass is 598 g/mol. The number of esters is 2. The molecular formula is C26H36BBrO10. The van der Waals surface area contributed by atoms with Crippen molar-refractivity contribution < 1.29 is 48.1 Å². The number of hydrogen-bond donors (Lipinski definition) is 2. The number of methoxy groups -OCH3 is 4. The molecule has 0 radical (unpaired) electrons. The average Bonchev–Trinajstić information content (AvgIpc) is 2.80. The summed E-state index contributed by atoms with van der Waals surface area (Å²) in [6, 6.07) is 6.31. The first-order chi connectivity index (χ1) is 17.5. The van der Waals surface area contributed by atoms with Crippen LogP contribution in [0.2, 0.25) is 0 Å². The SMILES string of the molecule is COc1ccc(B(O)O)c(OC)c1C(=O)OC(C)(C)C.COc1ccc(Br)c(OC)c1C(=O)OC(C)(C)C. The highest BCUT2D eigenvalue weighted by Gasteiger charge is 2.30. The number of benzene rings is 2. The van der Waals surface area contributed by atoms with Crippen LogP contribution < -0.4 is 24.4 Å².